The van der Waals surface area contributed by atoms with E-state index >= 15 is 0 Å². The highest BCUT2D eigenvalue weighted by Crippen LogP contribution is 2.25. The van der Waals surface area contributed by atoms with E-state index in [4.69, 9.17) is 25.5 Å². The molecule has 4 aromatic rings. The van der Waals surface area contributed by atoms with E-state index in [0.29, 0.717) is 11.5 Å². The van der Waals surface area contributed by atoms with Crippen LogP contribution in [0.3, 0.4) is 0 Å². The Morgan fingerprint density at radius 3 is 1.61 bits per heavy atom. The van der Waals surface area contributed by atoms with Crippen LogP contribution in [0.1, 0.15) is 48.9 Å². The number of para-hydroxylation sites is 2. The molecule has 202 valence electrons. The van der Waals surface area contributed by atoms with E-state index in [1.807, 2.05) is 48.5 Å². The van der Waals surface area contributed by atoms with Crippen LogP contribution in [-0.2, 0) is 9.47 Å². The molecule has 6 rings (SSSR count). The fourth-order valence-corrected chi connectivity index (χ4v) is 4.20. The summed E-state index contributed by atoms with van der Waals surface area (Å²) in [7, 11) is 0. The van der Waals surface area contributed by atoms with E-state index in [1.54, 1.807) is 24.3 Å². The summed E-state index contributed by atoms with van der Waals surface area (Å²) in [6.45, 7) is 4.00. The zero-order valence-electron chi connectivity index (χ0n) is 21.2. The minimum Gasteiger partial charge on any atom is -0.436 e. The number of carbonyl (C=O) groups excluding carboxylic acids is 1. The number of aromatic nitrogens is 1. The normalized spacial score (nSPS) is 14.6. The van der Waals surface area contributed by atoms with Crippen molar-refractivity contribution in [1.29, 1.82) is 0 Å². The fraction of sp³-hybridized carbons (Fsp3) is 0.333. The van der Waals surface area contributed by atoms with Crippen molar-refractivity contribution in [1.82, 2.24) is 4.98 Å². The number of nitrogens with zero attached hydrogens (tertiary/aromatic N) is 1. The molecule has 0 spiro atoms. The van der Waals surface area contributed by atoms with Crippen LogP contribution in [0.25, 0.3) is 22.6 Å². The number of rotatable bonds is 2. The molecule has 0 saturated carbocycles. The summed E-state index contributed by atoms with van der Waals surface area (Å²) in [6.07, 6.45) is 7.86. The second-order valence-corrected chi connectivity index (χ2v) is 10.8. The Morgan fingerprint density at radius 1 is 0.684 bits per heavy atom. The molecule has 0 unspecified atom stereocenters. The molecule has 1 aromatic heterocycles. The van der Waals surface area contributed by atoms with Gasteiger partial charge >= 0.3 is 0 Å². The number of hydrogen-bond donors (Lipinski definition) is 0. The fourth-order valence-electron chi connectivity index (χ4n) is 3.54. The van der Waals surface area contributed by atoms with Crippen LogP contribution < -0.4 is 0 Å². The molecule has 2 fully saturated rings. The molecule has 0 atom stereocenters. The van der Waals surface area contributed by atoms with Crippen molar-refractivity contribution >= 4 is 59.8 Å². The first-order valence-electron chi connectivity index (χ1n) is 12.8. The van der Waals surface area contributed by atoms with Crippen molar-refractivity contribution in [2.45, 2.75) is 38.5 Å². The molecule has 38 heavy (non-hydrogen) atoms. The topological polar surface area (TPSA) is 61.6 Å². The molecular weight excluding hydrogens is 634 g/mol. The lowest BCUT2D eigenvalue weighted by Gasteiger charge is -2.08. The summed E-state index contributed by atoms with van der Waals surface area (Å²) in [5, 5.41) is -0.424. The van der Waals surface area contributed by atoms with Gasteiger partial charge in [-0.25, -0.2) is 4.98 Å². The summed E-state index contributed by atoms with van der Waals surface area (Å²) in [6, 6.07) is 22.6. The van der Waals surface area contributed by atoms with Crippen molar-refractivity contribution in [2.24, 2.45) is 0 Å². The van der Waals surface area contributed by atoms with Crippen molar-refractivity contribution in [2.75, 3.05) is 26.4 Å². The van der Waals surface area contributed by atoms with Crippen LogP contribution in [0.4, 0.5) is 0 Å². The second-order valence-electron chi connectivity index (χ2n) is 8.62. The SMILES string of the molecule is Brc1ccc(-c2nc3ccccc3o2)cc1.C1CCOCC1.C1CCOCC1.O=C(Cl)c1ccc(Br)cc1. The van der Waals surface area contributed by atoms with E-state index in [9.17, 15) is 4.79 Å². The lowest BCUT2D eigenvalue weighted by atomic mass is 10.2. The number of benzene rings is 3. The first-order valence-corrected chi connectivity index (χ1v) is 14.7. The van der Waals surface area contributed by atoms with Crippen LogP contribution >= 0.6 is 43.5 Å². The third-order valence-electron chi connectivity index (χ3n) is 5.61. The molecule has 3 aromatic carbocycles. The van der Waals surface area contributed by atoms with Gasteiger partial charge in [-0.2, -0.15) is 0 Å². The number of fused-ring (bicyclic) bond motifs is 1. The molecule has 0 amide bonds. The first kappa shape index (κ1) is 30.5. The summed E-state index contributed by atoms with van der Waals surface area (Å²) < 4.78 is 17.8. The molecule has 8 heteroatoms. The van der Waals surface area contributed by atoms with Crippen molar-refractivity contribution in [3.05, 3.63) is 87.3 Å². The monoisotopic (exact) mass is 663 g/mol. The molecule has 3 heterocycles. The van der Waals surface area contributed by atoms with Crippen LogP contribution in [0.5, 0.6) is 0 Å². The van der Waals surface area contributed by atoms with Crippen LogP contribution in [0, 0.1) is 0 Å². The predicted octanol–water partition coefficient (Wildman–Crippen LogP) is 9.46. The first-order chi connectivity index (χ1) is 18.5. The zero-order valence-corrected chi connectivity index (χ0v) is 25.1. The smallest absolute Gasteiger partial charge is 0.252 e. The number of oxazole rings is 1. The maximum absolute atomic E-state index is 10.5. The van der Waals surface area contributed by atoms with Gasteiger partial charge in [0.15, 0.2) is 5.58 Å². The Bertz CT molecular complexity index is 1150. The maximum Gasteiger partial charge on any atom is 0.252 e. The van der Waals surface area contributed by atoms with Crippen molar-refractivity contribution < 1.29 is 18.7 Å². The molecule has 0 aliphatic carbocycles. The highest BCUT2D eigenvalue weighted by molar-refractivity contribution is 9.10. The maximum atomic E-state index is 10.5. The van der Waals surface area contributed by atoms with Gasteiger partial charge in [-0.05, 0) is 111 Å². The van der Waals surface area contributed by atoms with E-state index in [2.05, 4.69) is 36.8 Å². The van der Waals surface area contributed by atoms with Gasteiger partial charge in [0.1, 0.15) is 5.52 Å². The Labute approximate surface area is 246 Å². The van der Waals surface area contributed by atoms with Gasteiger partial charge in [0.05, 0.1) is 0 Å². The molecule has 2 aliphatic heterocycles. The molecule has 0 N–H and O–H groups in total. The Balaban J connectivity index is 0.000000155. The second kappa shape index (κ2) is 17.5. The summed E-state index contributed by atoms with van der Waals surface area (Å²) in [5.74, 6) is 0.661. The lowest BCUT2D eigenvalue weighted by molar-refractivity contribution is 0.0967. The van der Waals surface area contributed by atoms with Gasteiger partial charge in [-0.3, -0.25) is 4.79 Å². The molecule has 0 bridgehead atoms. The van der Waals surface area contributed by atoms with E-state index in [-0.39, 0.29) is 0 Å². The van der Waals surface area contributed by atoms with Gasteiger partial charge in [0.25, 0.3) is 5.24 Å². The largest absolute Gasteiger partial charge is 0.436 e. The summed E-state index contributed by atoms with van der Waals surface area (Å²) in [4.78, 5) is 14.9. The van der Waals surface area contributed by atoms with Gasteiger partial charge in [-0.15, -0.1) is 0 Å². The quantitative estimate of drug-likeness (QED) is 0.200. The van der Waals surface area contributed by atoms with Crippen molar-refractivity contribution in [3.8, 4) is 11.5 Å². The Kier molecular flexibility index (Phi) is 14.1. The zero-order chi connectivity index (χ0) is 27.0. The number of hydrogen-bond acceptors (Lipinski definition) is 5. The Morgan fingerprint density at radius 2 is 1.18 bits per heavy atom. The van der Waals surface area contributed by atoms with Gasteiger partial charge in [0, 0.05) is 46.5 Å². The van der Waals surface area contributed by atoms with Crippen LogP contribution in [0.2, 0.25) is 0 Å². The molecule has 2 saturated heterocycles. The molecular formula is C30H32Br2ClNO4. The highest BCUT2D eigenvalue weighted by atomic mass is 79.9. The van der Waals surface area contributed by atoms with E-state index in [0.717, 1.165) is 52.0 Å². The summed E-state index contributed by atoms with van der Waals surface area (Å²) in [5.41, 5.74) is 3.21. The van der Waals surface area contributed by atoms with E-state index < -0.39 is 5.24 Å². The molecule has 0 radical (unpaired) electrons. The molecule has 5 nitrogen and oxygen atoms in total. The average Bonchev–Trinajstić information content (AvgIpc) is 3.41. The summed E-state index contributed by atoms with van der Waals surface area (Å²) >= 11 is 11.8. The Hall–Kier alpha value is -2.03. The number of ether oxygens (including phenoxy) is 2. The van der Waals surface area contributed by atoms with Gasteiger partial charge in [-0.1, -0.05) is 44.0 Å². The highest BCUT2D eigenvalue weighted by Gasteiger charge is 2.06. The average molecular weight is 666 g/mol. The standard InChI is InChI=1S/C13H8BrNO.C7H4BrClO.2C5H10O/c14-10-7-5-9(6-8-10)13-15-11-3-1-2-4-12(11)16-13;8-6-3-1-5(2-4-6)7(9)10;2*1-2-4-6-5-3-1/h1-8H;1-4H;2*1-5H2. The third kappa shape index (κ3) is 11.4. The number of carbonyl (C=O) groups is 1. The molecule has 2 aliphatic rings. The van der Waals surface area contributed by atoms with Gasteiger partial charge < -0.3 is 13.9 Å². The van der Waals surface area contributed by atoms with Gasteiger partial charge in [0.2, 0.25) is 5.89 Å². The third-order valence-corrected chi connectivity index (χ3v) is 6.89. The minimum absolute atomic E-state index is 0.424. The lowest BCUT2D eigenvalue weighted by Crippen LogP contribution is -2.03. The predicted molar refractivity (Wildman–Crippen MR) is 161 cm³/mol. The number of halogens is 3. The van der Waals surface area contributed by atoms with E-state index in [1.165, 1.54) is 38.5 Å². The van der Waals surface area contributed by atoms with Crippen LogP contribution in [0.15, 0.2) is 86.2 Å². The van der Waals surface area contributed by atoms with Crippen LogP contribution in [-0.4, -0.2) is 36.7 Å². The minimum atomic E-state index is -0.424. The van der Waals surface area contributed by atoms with Crippen molar-refractivity contribution in [3.63, 3.8) is 0 Å².